The zero-order valence-corrected chi connectivity index (χ0v) is 11.0. The molecule has 0 aliphatic carbocycles. The molecule has 0 saturated heterocycles. The number of nitro benzene ring substituents is 1. The standard InChI is InChI=1S/C13H18N2O4/c1-3-5-9(4-2)14-10-6-7-12(15(18)19)11(8-10)13(16)17/h6-9,14H,3-5H2,1-2H3,(H,16,17). The summed E-state index contributed by atoms with van der Waals surface area (Å²) in [6.45, 7) is 4.11. The van der Waals surface area contributed by atoms with Gasteiger partial charge in [0, 0.05) is 17.8 Å². The van der Waals surface area contributed by atoms with Crippen LogP contribution in [-0.2, 0) is 0 Å². The molecule has 0 amide bonds. The molecule has 6 heteroatoms. The normalized spacial score (nSPS) is 11.9. The van der Waals surface area contributed by atoms with Crippen molar-refractivity contribution < 1.29 is 14.8 Å². The van der Waals surface area contributed by atoms with Gasteiger partial charge in [-0.1, -0.05) is 20.3 Å². The summed E-state index contributed by atoms with van der Waals surface area (Å²) in [4.78, 5) is 21.1. The van der Waals surface area contributed by atoms with Crippen molar-refractivity contribution in [3.63, 3.8) is 0 Å². The Morgan fingerprint density at radius 1 is 1.47 bits per heavy atom. The zero-order chi connectivity index (χ0) is 14.4. The van der Waals surface area contributed by atoms with Gasteiger partial charge < -0.3 is 10.4 Å². The molecule has 1 aromatic rings. The Labute approximate surface area is 111 Å². The van der Waals surface area contributed by atoms with Crippen molar-refractivity contribution in [1.29, 1.82) is 0 Å². The highest BCUT2D eigenvalue weighted by Crippen LogP contribution is 2.24. The van der Waals surface area contributed by atoms with E-state index in [1.165, 1.54) is 12.1 Å². The molecule has 0 radical (unpaired) electrons. The Morgan fingerprint density at radius 3 is 2.63 bits per heavy atom. The third-order valence-corrected chi connectivity index (χ3v) is 2.92. The van der Waals surface area contributed by atoms with E-state index in [0.29, 0.717) is 5.69 Å². The number of carboxylic acid groups (broad SMARTS) is 1. The van der Waals surface area contributed by atoms with Gasteiger partial charge >= 0.3 is 5.97 Å². The number of hydrogen-bond donors (Lipinski definition) is 2. The molecule has 0 heterocycles. The van der Waals surface area contributed by atoms with Crippen LogP contribution in [0.15, 0.2) is 18.2 Å². The Hall–Kier alpha value is -2.11. The van der Waals surface area contributed by atoms with Crippen LogP contribution in [-0.4, -0.2) is 22.0 Å². The van der Waals surface area contributed by atoms with Crippen molar-refractivity contribution in [2.75, 3.05) is 5.32 Å². The zero-order valence-electron chi connectivity index (χ0n) is 11.0. The van der Waals surface area contributed by atoms with Gasteiger partial charge in [-0.2, -0.15) is 0 Å². The van der Waals surface area contributed by atoms with Crippen LogP contribution in [0.2, 0.25) is 0 Å². The lowest BCUT2D eigenvalue weighted by Crippen LogP contribution is -2.18. The lowest BCUT2D eigenvalue weighted by atomic mass is 10.1. The van der Waals surface area contributed by atoms with Gasteiger partial charge in [0.1, 0.15) is 5.56 Å². The molecule has 0 saturated carbocycles. The van der Waals surface area contributed by atoms with Crippen molar-refractivity contribution >= 4 is 17.3 Å². The fraction of sp³-hybridized carbons (Fsp3) is 0.462. The van der Waals surface area contributed by atoms with Crippen molar-refractivity contribution in [1.82, 2.24) is 0 Å². The fourth-order valence-corrected chi connectivity index (χ4v) is 1.92. The van der Waals surface area contributed by atoms with Crippen molar-refractivity contribution in [3.8, 4) is 0 Å². The van der Waals surface area contributed by atoms with Crippen LogP contribution in [0.4, 0.5) is 11.4 Å². The second kappa shape index (κ2) is 6.72. The molecule has 104 valence electrons. The first-order valence-electron chi connectivity index (χ1n) is 6.27. The maximum absolute atomic E-state index is 11.0. The summed E-state index contributed by atoms with van der Waals surface area (Å²) in [6, 6.07) is 4.33. The van der Waals surface area contributed by atoms with Gasteiger partial charge in [-0.15, -0.1) is 0 Å². The van der Waals surface area contributed by atoms with Crippen molar-refractivity contribution in [2.24, 2.45) is 0 Å². The Morgan fingerprint density at radius 2 is 2.16 bits per heavy atom. The predicted molar refractivity (Wildman–Crippen MR) is 72.7 cm³/mol. The topological polar surface area (TPSA) is 92.5 Å². The molecule has 0 aliphatic rings. The van der Waals surface area contributed by atoms with Gasteiger partial charge in [0.2, 0.25) is 0 Å². The van der Waals surface area contributed by atoms with E-state index in [9.17, 15) is 14.9 Å². The summed E-state index contributed by atoms with van der Waals surface area (Å²) < 4.78 is 0. The van der Waals surface area contributed by atoms with Crippen LogP contribution in [0, 0.1) is 10.1 Å². The van der Waals surface area contributed by atoms with Gasteiger partial charge in [-0.3, -0.25) is 10.1 Å². The number of aromatic carboxylic acids is 1. The molecular formula is C13H18N2O4. The van der Waals surface area contributed by atoms with Gasteiger partial charge in [0.25, 0.3) is 5.69 Å². The Balaban J connectivity index is 3.01. The second-order valence-corrected chi connectivity index (χ2v) is 4.33. The van der Waals surface area contributed by atoms with Crippen LogP contribution >= 0.6 is 0 Å². The minimum atomic E-state index is -1.29. The van der Waals surface area contributed by atoms with Gasteiger partial charge in [-0.05, 0) is 25.0 Å². The molecule has 0 spiro atoms. The number of benzene rings is 1. The van der Waals surface area contributed by atoms with Crippen LogP contribution in [0.3, 0.4) is 0 Å². The summed E-state index contributed by atoms with van der Waals surface area (Å²) in [7, 11) is 0. The molecule has 19 heavy (non-hydrogen) atoms. The molecule has 1 unspecified atom stereocenters. The van der Waals surface area contributed by atoms with E-state index in [2.05, 4.69) is 12.2 Å². The van der Waals surface area contributed by atoms with E-state index in [4.69, 9.17) is 5.11 Å². The maximum Gasteiger partial charge on any atom is 0.342 e. The number of anilines is 1. The van der Waals surface area contributed by atoms with E-state index < -0.39 is 10.9 Å². The molecule has 1 atom stereocenters. The average Bonchev–Trinajstić information content (AvgIpc) is 2.37. The van der Waals surface area contributed by atoms with Gasteiger partial charge in [0.05, 0.1) is 4.92 Å². The molecule has 2 N–H and O–H groups in total. The first kappa shape index (κ1) is 14.9. The summed E-state index contributed by atoms with van der Waals surface area (Å²) in [6.07, 6.45) is 2.90. The molecule has 0 bridgehead atoms. The van der Waals surface area contributed by atoms with E-state index in [0.717, 1.165) is 19.3 Å². The summed E-state index contributed by atoms with van der Waals surface area (Å²) in [5, 5.41) is 22.9. The highest BCUT2D eigenvalue weighted by molar-refractivity contribution is 5.93. The lowest BCUT2D eigenvalue weighted by Gasteiger charge is -2.17. The van der Waals surface area contributed by atoms with E-state index in [1.807, 2.05) is 6.92 Å². The maximum atomic E-state index is 11.0. The van der Waals surface area contributed by atoms with Crippen LogP contribution in [0.1, 0.15) is 43.5 Å². The van der Waals surface area contributed by atoms with Gasteiger partial charge in [-0.25, -0.2) is 4.79 Å². The lowest BCUT2D eigenvalue weighted by molar-refractivity contribution is -0.385. The van der Waals surface area contributed by atoms with Gasteiger partial charge in [0.15, 0.2) is 0 Å². The van der Waals surface area contributed by atoms with E-state index in [-0.39, 0.29) is 17.3 Å². The molecule has 0 aromatic heterocycles. The van der Waals surface area contributed by atoms with Crippen molar-refractivity contribution in [2.45, 2.75) is 39.2 Å². The van der Waals surface area contributed by atoms with Crippen LogP contribution in [0.5, 0.6) is 0 Å². The minimum absolute atomic E-state index is 0.244. The van der Waals surface area contributed by atoms with Crippen LogP contribution in [0.25, 0.3) is 0 Å². The fourth-order valence-electron chi connectivity index (χ4n) is 1.92. The molecule has 1 rings (SSSR count). The highest BCUT2D eigenvalue weighted by Gasteiger charge is 2.20. The third-order valence-electron chi connectivity index (χ3n) is 2.92. The number of hydrogen-bond acceptors (Lipinski definition) is 4. The number of carboxylic acids is 1. The molecule has 0 fully saturated rings. The number of nitrogens with one attached hydrogen (secondary N) is 1. The molecule has 0 aliphatic heterocycles. The third kappa shape index (κ3) is 3.94. The average molecular weight is 266 g/mol. The van der Waals surface area contributed by atoms with Crippen molar-refractivity contribution in [3.05, 3.63) is 33.9 Å². The SMILES string of the molecule is CCCC(CC)Nc1ccc([N+](=O)[O-])c(C(=O)O)c1. The summed E-state index contributed by atoms with van der Waals surface area (Å²) >= 11 is 0. The Bertz CT molecular complexity index is 474. The number of nitro groups is 1. The molecular weight excluding hydrogens is 248 g/mol. The van der Waals surface area contributed by atoms with E-state index >= 15 is 0 Å². The number of carbonyl (C=O) groups is 1. The van der Waals surface area contributed by atoms with Crippen LogP contribution < -0.4 is 5.32 Å². The molecule has 1 aromatic carbocycles. The first-order chi connectivity index (χ1) is 8.99. The molecule has 6 nitrogen and oxygen atoms in total. The predicted octanol–water partition coefficient (Wildman–Crippen LogP) is 3.28. The second-order valence-electron chi connectivity index (χ2n) is 4.33. The quantitative estimate of drug-likeness (QED) is 0.583. The largest absolute Gasteiger partial charge is 0.477 e. The van der Waals surface area contributed by atoms with E-state index in [1.54, 1.807) is 6.07 Å². The highest BCUT2D eigenvalue weighted by atomic mass is 16.6. The monoisotopic (exact) mass is 266 g/mol. The Kier molecular flexibility index (Phi) is 5.29. The minimum Gasteiger partial charge on any atom is -0.477 e. The first-order valence-corrected chi connectivity index (χ1v) is 6.27. The number of nitrogens with zero attached hydrogens (tertiary/aromatic N) is 1. The number of rotatable bonds is 7. The summed E-state index contributed by atoms with van der Waals surface area (Å²) in [5.41, 5.74) is -0.0776. The smallest absolute Gasteiger partial charge is 0.342 e. The summed E-state index contributed by atoms with van der Waals surface area (Å²) in [5.74, 6) is -1.29.